The highest BCUT2D eigenvalue weighted by atomic mass is 33.1. The van der Waals surface area contributed by atoms with E-state index < -0.39 is 0 Å². The predicted octanol–water partition coefficient (Wildman–Crippen LogP) is 2.61. The van der Waals surface area contributed by atoms with E-state index in [9.17, 15) is 0 Å². The molecule has 12 heavy (non-hydrogen) atoms. The van der Waals surface area contributed by atoms with E-state index in [1.54, 1.807) is 27.8 Å². The maximum absolute atomic E-state index is 3.92. The van der Waals surface area contributed by atoms with Gasteiger partial charge in [-0.2, -0.15) is 0 Å². The topological polar surface area (TPSA) is 15.6 Å². The third kappa shape index (κ3) is 5.32. The summed E-state index contributed by atoms with van der Waals surface area (Å²) in [6.45, 7) is 7.28. The summed E-state index contributed by atoms with van der Waals surface area (Å²) in [5.74, 6) is 0.930. The van der Waals surface area contributed by atoms with Crippen molar-refractivity contribution in [1.82, 2.24) is 4.90 Å². The summed E-state index contributed by atoms with van der Waals surface area (Å²) in [6.07, 6.45) is 5.55. The molecule has 2 nitrogen and oxygen atoms in total. The molecule has 0 bridgehead atoms. The monoisotopic (exact) mass is 202 g/mol. The van der Waals surface area contributed by atoms with Gasteiger partial charge in [0.05, 0.1) is 0 Å². The predicted molar refractivity (Wildman–Crippen MR) is 61.6 cm³/mol. The molecule has 0 aliphatic rings. The molecule has 0 saturated heterocycles. The van der Waals surface area contributed by atoms with Crippen LogP contribution in [0.15, 0.2) is 29.7 Å². The van der Waals surface area contributed by atoms with E-state index in [1.807, 2.05) is 18.1 Å². The zero-order valence-electron chi connectivity index (χ0n) is 7.49. The first-order valence-corrected chi connectivity index (χ1v) is 6.13. The van der Waals surface area contributed by atoms with Gasteiger partial charge in [-0.25, -0.2) is 0 Å². The fraction of sp³-hybridized carbons (Fsp3) is 0.375. The molecule has 0 aliphatic carbocycles. The molecule has 0 atom stereocenters. The van der Waals surface area contributed by atoms with E-state index >= 15 is 0 Å². The van der Waals surface area contributed by atoms with Crippen molar-refractivity contribution in [2.45, 2.75) is 0 Å². The maximum Gasteiger partial charge on any atom is 0.0435 e. The van der Waals surface area contributed by atoms with Crippen LogP contribution in [0.2, 0.25) is 0 Å². The van der Waals surface area contributed by atoms with Gasteiger partial charge in [0, 0.05) is 30.9 Å². The SMILES string of the molecule is C=N/C=C\N(C)C(=C)CSSC. The molecule has 0 spiro atoms. The fourth-order valence-corrected chi connectivity index (χ4v) is 1.70. The van der Waals surface area contributed by atoms with Crippen LogP contribution in [0.5, 0.6) is 0 Å². The number of aliphatic imine (C=N–C) groups is 1. The van der Waals surface area contributed by atoms with E-state index in [2.05, 4.69) is 24.5 Å². The Morgan fingerprint density at radius 3 is 2.83 bits per heavy atom. The molecule has 0 saturated carbocycles. The molecular formula is C8H14N2S2. The average molecular weight is 202 g/mol. The van der Waals surface area contributed by atoms with Crippen molar-refractivity contribution >= 4 is 28.3 Å². The second-order valence-corrected chi connectivity index (χ2v) is 4.65. The van der Waals surface area contributed by atoms with E-state index in [0.717, 1.165) is 11.4 Å². The molecule has 0 aliphatic heterocycles. The maximum atomic E-state index is 3.92. The number of hydrogen-bond acceptors (Lipinski definition) is 4. The van der Waals surface area contributed by atoms with Gasteiger partial charge in [0.1, 0.15) is 0 Å². The summed E-state index contributed by atoms with van der Waals surface area (Å²) >= 11 is 0. The minimum atomic E-state index is 0.930. The number of hydrogen-bond donors (Lipinski definition) is 0. The van der Waals surface area contributed by atoms with Gasteiger partial charge in [0.15, 0.2) is 0 Å². The molecule has 0 fully saturated rings. The lowest BCUT2D eigenvalue weighted by atomic mass is 10.5. The van der Waals surface area contributed by atoms with Crippen LogP contribution in [-0.4, -0.2) is 30.7 Å². The van der Waals surface area contributed by atoms with Gasteiger partial charge in [0.2, 0.25) is 0 Å². The summed E-state index contributed by atoms with van der Waals surface area (Å²) in [5.41, 5.74) is 1.06. The summed E-state index contributed by atoms with van der Waals surface area (Å²) in [7, 11) is 5.46. The molecule has 0 radical (unpaired) electrons. The summed E-state index contributed by atoms with van der Waals surface area (Å²) in [6, 6.07) is 0. The van der Waals surface area contributed by atoms with Gasteiger partial charge in [-0.05, 0) is 13.0 Å². The zero-order chi connectivity index (χ0) is 9.40. The van der Waals surface area contributed by atoms with Gasteiger partial charge in [-0.1, -0.05) is 28.2 Å². The van der Waals surface area contributed by atoms with Crippen LogP contribution in [0.4, 0.5) is 0 Å². The molecule has 0 heterocycles. The van der Waals surface area contributed by atoms with Crippen LogP contribution >= 0.6 is 21.6 Å². The Balaban J connectivity index is 3.76. The molecule has 0 unspecified atom stereocenters. The third-order valence-electron chi connectivity index (χ3n) is 1.24. The van der Waals surface area contributed by atoms with Crippen LogP contribution in [-0.2, 0) is 0 Å². The van der Waals surface area contributed by atoms with Gasteiger partial charge >= 0.3 is 0 Å². The van der Waals surface area contributed by atoms with Crippen LogP contribution in [0.1, 0.15) is 0 Å². The molecule has 4 heteroatoms. The van der Waals surface area contributed by atoms with Crippen molar-refractivity contribution < 1.29 is 0 Å². The lowest BCUT2D eigenvalue weighted by molar-refractivity contribution is 0.575. The Morgan fingerprint density at radius 1 is 1.67 bits per heavy atom. The highest BCUT2D eigenvalue weighted by Gasteiger charge is 1.96. The van der Waals surface area contributed by atoms with Crippen LogP contribution < -0.4 is 0 Å². The largest absolute Gasteiger partial charge is 0.353 e. The first kappa shape index (κ1) is 11.6. The quantitative estimate of drug-likeness (QED) is 0.486. The lowest BCUT2D eigenvalue weighted by Crippen LogP contribution is -2.10. The van der Waals surface area contributed by atoms with Crippen molar-refractivity contribution in [1.29, 1.82) is 0 Å². The first-order valence-electron chi connectivity index (χ1n) is 3.41. The molecule has 0 N–H and O–H groups in total. The van der Waals surface area contributed by atoms with Crippen molar-refractivity contribution in [2.75, 3.05) is 19.1 Å². The lowest BCUT2D eigenvalue weighted by Gasteiger charge is -2.15. The van der Waals surface area contributed by atoms with Crippen LogP contribution in [0.25, 0.3) is 0 Å². The Bertz CT molecular complexity index is 178. The fourth-order valence-electron chi connectivity index (χ4n) is 0.481. The van der Waals surface area contributed by atoms with Crippen LogP contribution in [0, 0.1) is 0 Å². The normalized spacial score (nSPS) is 10.2. The van der Waals surface area contributed by atoms with E-state index in [0.29, 0.717) is 0 Å². The second kappa shape index (κ2) is 7.31. The number of rotatable bonds is 6. The van der Waals surface area contributed by atoms with Crippen molar-refractivity contribution in [3.8, 4) is 0 Å². The Hall–Kier alpha value is -0.350. The first-order chi connectivity index (χ1) is 5.72. The summed E-state index contributed by atoms with van der Waals surface area (Å²) in [5, 5.41) is 0. The van der Waals surface area contributed by atoms with E-state index in [-0.39, 0.29) is 0 Å². The average Bonchev–Trinajstić information content (AvgIpc) is 2.10. The smallest absolute Gasteiger partial charge is 0.0435 e. The molecule has 0 aromatic carbocycles. The zero-order valence-corrected chi connectivity index (χ0v) is 9.12. The summed E-state index contributed by atoms with van der Waals surface area (Å²) < 4.78 is 0. The molecule has 0 aromatic rings. The van der Waals surface area contributed by atoms with Crippen molar-refractivity contribution in [2.24, 2.45) is 4.99 Å². The van der Waals surface area contributed by atoms with Crippen molar-refractivity contribution in [3.05, 3.63) is 24.7 Å². The van der Waals surface area contributed by atoms with E-state index in [1.165, 1.54) is 0 Å². The Kier molecular flexibility index (Phi) is 7.09. The Morgan fingerprint density at radius 2 is 2.33 bits per heavy atom. The molecule has 0 amide bonds. The minimum Gasteiger partial charge on any atom is -0.353 e. The Labute approximate surface area is 82.2 Å². The minimum absolute atomic E-state index is 0.930. The highest BCUT2D eigenvalue weighted by Crippen LogP contribution is 2.20. The molecule has 0 aromatic heterocycles. The molecular weight excluding hydrogens is 188 g/mol. The molecule has 0 rings (SSSR count). The van der Waals surface area contributed by atoms with Crippen molar-refractivity contribution in [3.63, 3.8) is 0 Å². The number of nitrogens with zero attached hydrogens (tertiary/aromatic N) is 2. The third-order valence-corrected chi connectivity index (χ3v) is 2.99. The van der Waals surface area contributed by atoms with Gasteiger partial charge in [-0.15, -0.1) is 0 Å². The highest BCUT2D eigenvalue weighted by molar-refractivity contribution is 8.76. The van der Waals surface area contributed by atoms with Gasteiger partial charge in [0.25, 0.3) is 0 Å². The van der Waals surface area contributed by atoms with E-state index in [4.69, 9.17) is 0 Å². The summed E-state index contributed by atoms with van der Waals surface area (Å²) in [4.78, 5) is 5.56. The van der Waals surface area contributed by atoms with Crippen LogP contribution in [0.3, 0.4) is 0 Å². The second-order valence-electron chi connectivity index (χ2n) is 2.09. The standard InChI is InChI=1S/C8H14N2S2/c1-8(7-12-11-4)10(3)6-5-9-2/h5-6H,1-2,7H2,3-4H3/b6-5-. The molecule has 68 valence electrons. The van der Waals surface area contributed by atoms with Gasteiger partial charge < -0.3 is 4.90 Å². The van der Waals surface area contributed by atoms with Gasteiger partial charge in [-0.3, -0.25) is 4.99 Å².